The van der Waals surface area contributed by atoms with Gasteiger partial charge in [-0.3, -0.25) is 4.99 Å². The molecule has 0 fully saturated rings. The topological polar surface area (TPSA) is 68.6 Å². The highest BCUT2D eigenvalue weighted by molar-refractivity contribution is 5.93. The quantitative estimate of drug-likeness (QED) is 0.475. The molecule has 0 amide bonds. The third kappa shape index (κ3) is 4.02. The Morgan fingerprint density at radius 1 is 1.17 bits per heavy atom. The molecule has 4 rings (SSSR count). The summed E-state index contributed by atoms with van der Waals surface area (Å²) in [6, 6.07) is 12.0. The first kappa shape index (κ1) is 18.8. The Morgan fingerprint density at radius 2 is 2.03 bits per heavy atom. The van der Waals surface area contributed by atoms with Crippen LogP contribution in [0, 0.1) is 0 Å². The fourth-order valence-corrected chi connectivity index (χ4v) is 3.22. The Hall–Kier alpha value is -3.51. The molecule has 29 heavy (non-hydrogen) atoms. The second-order valence-corrected chi connectivity index (χ2v) is 6.75. The third-order valence-electron chi connectivity index (χ3n) is 4.78. The number of ether oxygens (including phenoxy) is 2. The van der Waals surface area contributed by atoms with Crippen molar-refractivity contribution in [3.05, 3.63) is 71.7 Å². The standard InChI is InChI=1S/C23H22N4O2/c1-15(5-4-10-24-2)22-26-21-9-8-19(28-3)12-20(21)23(27-22)25-18-7-6-16-13-29-14-17(16)11-18/h4-12H,2,13-14H2,1,3H3,(H,25,26,27)/b10-4-,15-5+. The van der Waals surface area contributed by atoms with Crippen LogP contribution in [-0.2, 0) is 18.0 Å². The lowest BCUT2D eigenvalue weighted by Gasteiger charge is -2.13. The van der Waals surface area contributed by atoms with E-state index in [1.807, 2.05) is 43.3 Å². The summed E-state index contributed by atoms with van der Waals surface area (Å²) in [5.41, 5.74) is 5.14. The maximum atomic E-state index is 5.52. The molecule has 0 saturated heterocycles. The molecule has 0 radical (unpaired) electrons. The Bertz CT molecular complexity index is 1140. The van der Waals surface area contributed by atoms with Gasteiger partial charge in [-0.05, 0) is 66.7 Å². The van der Waals surface area contributed by atoms with E-state index < -0.39 is 0 Å². The minimum Gasteiger partial charge on any atom is -0.497 e. The zero-order valence-corrected chi connectivity index (χ0v) is 16.5. The van der Waals surface area contributed by atoms with Gasteiger partial charge in [-0.15, -0.1) is 0 Å². The predicted molar refractivity (Wildman–Crippen MR) is 117 cm³/mol. The van der Waals surface area contributed by atoms with Crippen molar-refractivity contribution in [1.29, 1.82) is 0 Å². The normalized spacial score (nSPS) is 13.7. The number of fused-ring (bicyclic) bond motifs is 2. The zero-order chi connectivity index (χ0) is 20.2. The van der Waals surface area contributed by atoms with Crippen LogP contribution in [0.4, 0.5) is 11.5 Å². The number of aromatic nitrogens is 2. The molecule has 1 N–H and O–H groups in total. The maximum absolute atomic E-state index is 5.52. The minimum atomic E-state index is 0.639. The minimum absolute atomic E-state index is 0.639. The summed E-state index contributed by atoms with van der Waals surface area (Å²) in [6.45, 7) is 6.72. The molecule has 6 nitrogen and oxygen atoms in total. The summed E-state index contributed by atoms with van der Waals surface area (Å²) in [4.78, 5) is 13.2. The number of aliphatic imine (C=N–C) groups is 1. The van der Waals surface area contributed by atoms with Gasteiger partial charge in [0, 0.05) is 17.3 Å². The molecule has 146 valence electrons. The van der Waals surface area contributed by atoms with E-state index in [9.17, 15) is 0 Å². The van der Waals surface area contributed by atoms with Crippen molar-refractivity contribution in [1.82, 2.24) is 9.97 Å². The van der Waals surface area contributed by atoms with Gasteiger partial charge in [0.25, 0.3) is 0 Å². The third-order valence-corrected chi connectivity index (χ3v) is 4.78. The van der Waals surface area contributed by atoms with E-state index in [0.29, 0.717) is 19.0 Å². The largest absolute Gasteiger partial charge is 0.497 e. The predicted octanol–water partition coefficient (Wildman–Crippen LogP) is 5.03. The number of benzene rings is 2. The summed E-state index contributed by atoms with van der Waals surface area (Å²) < 4.78 is 10.9. The monoisotopic (exact) mass is 386 g/mol. The van der Waals surface area contributed by atoms with Crippen LogP contribution in [-0.4, -0.2) is 23.8 Å². The summed E-state index contributed by atoms with van der Waals surface area (Å²) in [6.07, 6.45) is 5.36. The first-order valence-electron chi connectivity index (χ1n) is 9.30. The van der Waals surface area contributed by atoms with Crippen molar-refractivity contribution in [2.45, 2.75) is 20.1 Å². The van der Waals surface area contributed by atoms with Gasteiger partial charge in [0.05, 0.1) is 25.8 Å². The molecule has 1 aromatic heterocycles. The summed E-state index contributed by atoms with van der Waals surface area (Å²) in [5, 5.41) is 4.34. The second-order valence-electron chi connectivity index (χ2n) is 6.75. The van der Waals surface area contributed by atoms with E-state index in [0.717, 1.165) is 33.7 Å². The van der Waals surface area contributed by atoms with Crippen LogP contribution in [0.5, 0.6) is 5.75 Å². The first-order chi connectivity index (χ1) is 14.2. The molecule has 2 aromatic carbocycles. The maximum Gasteiger partial charge on any atom is 0.157 e. The number of hydrogen-bond donors (Lipinski definition) is 1. The first-order valence-corrected chi connectivity index (χ1v) is 9.30. The van der Waals surface area contributed by atoms with E-state index in [1.165, 1.54) is 11.1 Å². The Morgan fingerprint density at radius 3 is 2.86 bits per heavy atom. The van der Waals surface area contributed by atoms with E-state index in [-0.39, 0.29) is 0 Å². The molecule has 1 aliphatic rings. The van der Waals surface area contributed by atoms with E-state index in [4.69, 9.17) is 19.4 Å². The summed E-state index contributed by atoms with van der Waals surface area (Å²) in [5.74, 6) is 2.12. The van der Waals surface area contributed by atoms with E-state index in [1.54, 1.807) is 13.3 Å². The highest BCUT2D eigenvalue weighted by Gasteiger charge is 2.14. The van der Waals surface area contributed by atoms with Crippen LogP contribution in [0.1, 0.15) is 23.9 Å². The van der Waals surface area contributed by atoms with Gasteiger partial charge < -0.3 is 14.8 Å². The fraction of sp³-hybridized carbons (Fsp3) is 0.174. The number of nitrogens with zero attached hydrogens (tertiary/aromatic N) is 3. The number of anilines is 2. The molecule has 0 aliphatic carbocycles. The van der Waals surface area contributed by atoms with E-state index >= 15 is 0 Å². The van der Waals surface area contributed by atoms with Crippen LogP contribution in [0.25, 0.3) is 16.5 Å². The number of hydrogen-bond acceptors (Lipinski definition) is 6. The molecule has 1 aliphatic heterocycles. The van der Waals surface area contributed by atoms with Crippen LogP contribution in [0.2, 0.25) is 0 Å². The van der Waals surface area contributed by atoms with Gasteiger partial charge in [-0.2, -0.15) is 0 Å². The lowest BCUT2D eigenvalue weighted by molar-refractivity contribution is 0.134. The molecule has 0 spiro atoms. The Balaban J connectivity index is 1.79. The van der Waals surface area contributed by atoms with Crippen molar-refractivity contribution < 1.29 is 9.47 Å². The molecule has 0 saturated carbocycles. The van der Waals surface area contributed by atoms with Gasteiger partial charge in [0.2, 0.25) is 0 Å². The SMILES string of the molecule is C=N/C=C\C=C(/C)c1nc(Nc2ccc3c(c2)COC3)c2cc(OC)ccc2n1. The lowest BCUT2D eigenvalue weighted by Crippen LogP contribution is -2.01. The van der Waals surface area contributed by atoms with Crippen molar-refractivity contribution in [2.24, 2.45) is 4.99 Å². The van der Waals surface area contributed by atoms with Crippen molar-refractivity contribution in [3.63, 3.8) is 0 Å². The molecular weight excluding hydrogens is 364 g/mol. The van der Waals surface area contributed by atoms with Gasteiger partial charge in [0.1, 0.15) is 11.6 Å². The molecule has 6 heteroatoms. The number of nitrogens with one attached hydrogen (secondary N) is 1. The van der Waals surface area contributed by atoms with Crippen molar-refractivity contribution in [2.75, 3.05) is 12.4 Å². The molecule has 0 bridgehead atoms. The molecule has 0 unspecified atom stereocenters. The fourth-order valence-electron chi connectivity index (χ4n) is 3.22. The molecule has 0 atom stereocenters. The number of methoxy groups -OCH3 is 1. The van der Waals surface area contributed by atoms with Crippen molar-refractivity contribution in [3.8, 4) is 5.75 Å². The summed E-state index contributed by atoms with van der Waals surface area (Å²) >= 11 is 0. The molecular formula is C23H22N4O2. The van der Waals surface area contributed by atoms with E-state index in [2.05, 4.69) is 29.2 Å². The van der Waals surface area contributed by atoms with Gasteiger partial charge in [-0.1, -0.05) is 12.1 Å². The number of rotatable bonds is 6. The second kappa shape index (κ2) is 8.24. The smallest absolute Gasteiger partial charge is 0.157 e. The van der Waals surface area contributed by atoms with Crippen molar-refractivity contribution >= 4 is 34.7 Å². The van der Waals surface area contributed by atoms with Crippen LogP contribution >= 0.6 is 0 Å². The average Bonchev–Trinajstić information content (AvgIpc) is 3.21. The highest BCUT2D eigenvalue weighted by atomic mass is 16.5. The summed E-state index contributed by atoms with van der Waals surface area (Å²) in [7, 11) is 1.65. The zero-order valence-electron chi connectivity index (χ0n) is 16.5. The van der Waals surface area contributed by atoms with Crippen LogP contribution in [0.3, 0.4) is 0 Å². The lowest BCUT2D eigenvalue weighted by atomic mass is 10.1. The molecule has 2 heterocycles. The highest BCUT2D eigenvalue weighted by Crippen LogP contribution is 2.30. The molecule has 3 aromatic rings. The van der Waals surface area contributed by atoms with Gasteiger partial charge >= 0.3 is 0 Å². The average molecular weight is 386 g/mol. The van der Waals surface area contributed by atoms with Gasteiger partial charge in [-0.25, -0.2) is 9.97 Å². The van der Waals surface area contributed by atoms with Gasteiger partial charge in [0.15, 0.2) is 5.82 Å². The van der Waals surface area contributed by atoms with Crippen LogP contribution in [0.15, 0.2) is 59.7 Å². The Kier molecular flexibility index (Phi) is 5.35. The Labute approximate surface area is 169 Å². The number of allylic oxidation sites excluding steroid dienone is 3. The van der Waals surface area contributed by atoms with Crippen LogP contribution < -0.4 is 10.1 Å².